The SMILES string of the molecule is Cc1nn(-c2ccccc2)c(C)c1C(=O)C(=O)N(C)C(C)c1cccs1. The number of Topliss-reactive ketones (excluding diaryl/α,β-unsaturated/α-hetero) is 1. The lowest BCUT2D eigenvalue weighted by molar-refractivity contribution is -0.127. The summed E-state index contributed by atoms with van der Waals surface area (Å²) in [5.41, 5.74) is 2.47. The van der Waals surface area contributed by atoms with Gasteiger partial charge < -0.3 is 4.90 Å². The minimum absolute atomic E-state index is 0.156. The number of likely N-dealkylation sites (N-methyl/N-ethyl adjacent to an activating group) is 1. The molecule has 134 valence electrons. The standard InChI is InChI=1S/C20H21N3O2S/c1-13-18(15(3)23(21-13)16-9-6-5-7-10-16)19(24)20(25)22(4)14(2)17-11-8-12-26-17/h5-12,14H,1-4H3. The number of carbonyl (C=O) groups excluding carboxylic acids is 2. The zero-order valence-electron chi connectivity index (χ0n) is 15.3. The number of benzene rings is 1. The Morgan fingerprint density at radius 1 is 1.12 bits per heavy atom. The van der Waals surface area contributed by atoms with Crippen molar-refractivity contribution >= 4 is 23.0 Å². The molecule has 3 rings (SSSR count). The van der Waals surface area contributed by atoms with E-state index in [1.54, 1.807) is 30.0 Å². The summed E-state index contributed by atoms with van der Waals surface area (Å²) in [6.07, 6.45) is 0. The maximum absolute atomic E-state index is 12.9. The highest BCUT2D eigenvalue weighted by Crippen LogP contribution is 2.25. The van der Waals surface area contributed by atoms with Gasteiger partial charge in [0.25, 0.3) is 11.7 Å². The highest BCUT2D eigenvalue weighted by atomic mass is 32.1. The molecule has 1 aromatic carbocycles. The second kappa shape index (κ2) is 7.25. The van der Waals surface area contributed by atoms with Gasteiger partial charge in [0.2, 0.25) is 0 Å². The first-order valence-corrected chi connectivity index (χ1v) is 9.26. The predicted octanol–water partition coefficient (Wildman–Crippen LogP) is 3.95. The molecule has 5 nitrogen and oxygen atoms in total. The summed E-state index contributed by atoms with van der Waals surface area (Å²) in [5, 5.41) is 6.43. The van der Waals surface area contributed by atoms with Gasteiger partial charge in [0.05, 0.1) is 28.7 Å². The number of hydrogen-bond donors (Lipinski definition) is 0. The van der Waals surface area contributed by atoms with Crippen LogP contribution in [0.2, 0.25) is 0 Å². The topological polar surface area (TPSA) is 55.2 Å². The molecule has 1 unspecified atom stereocenters. The molecule has 0 saturated carbocycles. The quantitative estimate of drug-likeness (QED) is 0.507. The van der Waals surface area contributed by atoms with E-state index in [0.29, 0.717) is 17.0 Å². The van der Waals surface area contributed by atoms with Crippen molar-refractivity contribution in [2.45, 2.75) is 26.8 Å². The maximum Gasteiger partial charge on any atom is 0.295 e. The van der Waals surface area contributed by atoms with Gasteiger partial charge in [-0.25, -0.2) is 4.68 Å². The average Bonchev–Trinajstić information content (AvgIpc) is 3.28. The number of carbonyl (C=O) groups is 2. The molecule has 26 heavy (non-hydrogen) atoms. The van der Waals surface area contributed by atoms with Crippen LogP contribution in [0.3, 0.4) is 0 Å². The highest BCUT2D eigenvalue weighted by molar-refractivity contribution is 7.10. The largest absolute Gasteiger partial charge is 0.331 e. The zero-order chi connectivity index (χ0) is 18.8. The molecule has 0 aliphatic heterocycles. The van der Waals surface area contributed by atoms with Gasteiger partial charge in [0.15, 0.2) is 0 Å². The van der Waals surface area contributed by atoms with Crippen molar-refractivity contribution in [1.29, 1.82) is 0 Å². The van der Waals surface area contributed by atoms with Crippen LogP contribution in [0.15, 0.2) is 47.8 Å². The van der Waals surface area contributed by atoms with Gasteiger partial charge in [-0.3, -0.25) is 9.59 Å². The number of thiophene rings is 1. The van der Waals surface area contributed by atoms with Crippen LogP contribution in [0.4, 0.5) is 0 Å². The third kappa shape index (κ3) is 3.20. The number of aryl methyl sites for hydroxylation is 1. The van der Waals surface area contributed by atoms with Crippen molar-refractivity contribution in [2.75, 3.05) is 7.05 Å². The first-order chi connectivity index (χ1) is 12.4. The van der Waals surface area contributed by atoms with E-state index >= 15 is 0 Å². The first-order valence-electron chi connectivity index (χ1n) is 8.38. The van der Waals surface area contributed by atoms with Crippen LogP contribution in [0, 0.1) is 13.8 Å². The van der Waals surface area contributed by atoms with Gasteiger partial charge in [-0.1, -0.05) is 24.3 Å². The molecule has 0 saturated heterocycles. The normalized spacial score (nSPS) is 12.0. The van der Waals surface area contributed by atoms with E-state index in [4.69, 9.17) is 0 Å². The Balaban J connectivity index is 1.90. The Morgan fingerprint density at radius 2 is 1.81 bits per heavy atom. The number of rotatable bonds is 5. The molecule has 2 heterocycles. The minimum atomic E-state index is -0.523. The molecule has 0 spiro atoms. The molecule has 3 aromatic rings. The van der Waals surface area contributed by atoms with E-state index < -0.39 is 11.7 Å². The van der Waals surface area contributed by atoms with Crippen LogP contribution in [0.5, 0.6) is 0 Å². The molecular formula is C20H21N3O2S. The summed E-state index contributed by atoms with van der Waals surface area (Å²) in [6, 6.07) is 13.3. The van der Waals surface area contributed by atoms with E-state index in [1.165, 1.54) is 4.90 Å². The molecule has 1 atom stereocenters. The summed E-state index contributed by atoms with van der Waals surface area (Å²) >= 11 is 1.57. The Kier molecular flexibility index (Phi) is 5.04. The maximum atomic E-state index is 12.9. The molecule has 0 bridgehead atoms. The second-order valence-corrected chi connectivity index (χ2v) is 7.21. The van der Waals surface area contributed by atoms with Crippen molar-refractivity contribution in [3.63, 3.8) is 0 Å². The monoisotopic (exact) mass is 367 g/mol. The van der Waals surface area contributed by atoms with Crippen molar-refractivity contribution < 1.29 is 9.59 Å². The van der Waals surface area contributed by atoms with Crippen LogP contribution in [-0.4, -0.2) is 33.4 Å². The van der Waals surface area contributed by atoms with Crippen LogP contribution in [0.1, 0.15) is 39.6 Å². The number of hydrogen-bond acceptors (Lipinski definition) is 4. The molecule has 2 aromatic heterocycles. The molecular weight excluding hydrogens is 346 g/mol. The summed E-state index contributed by atoms with van der Waals surface area (Å²) in [4.78, 5) is 28.2. The lowest BCUT2D eigenvalue weighted by Gasteiger charge is -2.23. The molecule has 0 aliphatic rings. The van der Waals surface area contributed by atoms with E-state index in [-0.39, 0.29) is 6.04 Å². The molecule has 6 heteroatoms. The number of para-hydroxylation sites is 1. The van der Waals surface area contributed by atoms with Gasteiger partial charge in [0.1, 0.15) is 0 Å². The molecule has 0 radical (unpaired) electrons. The van der Waals surface area contributed by atoms with Gasteiger partial charge in [-0.05, 0) is 44.4 Å². The van der Waals surface area contributed by atoms with Gasteiger partial charge >= 0.3 is 0 Å². The van der Waals surface area contributed by atoms with E-state index in [0.717, 1.165) is 10.6 Å². The van der Waals surface area contributed by atoms with Crippen molar-refractivity contribution in [3.05, 3.63) is 69.7 Å². The van der Waals surface area contributed by atoms with Gasteiger partial charge in [-0.15, -0.1) is 11.3 Å². The number of ketones is 1. The van der Waals surface area contributed by atoms with Crippen LogP contribution in [0.25, 0.3) is 5.69 Å². The average molecular weight is 367 g/mol. The minimum Gasteiger partial charge on any atom is -0.331 e. The summed E-state index contributed by atoms with van der Waals surface area (Å²) in [7, 11) is 1.66. The fraction of sp³-hybridized carbons (Fsp3) is 0.250. The number of aromatic nitrogens is 2. The van der Waals surface area contributed by atoms with Crippen molar-refractivity contribution in [3.8, 4) is 5.69 Å². The Bertz CT molecular complexity index is 930. The highest BCUT2D eigenvalue weighted by Gasteiger charge is 2.30. The van der Waals surface area contributed by atoms with Crippen molar-refractivity contribution in [2.24, 2.45) is 0 Å². The molecule has 1 amide bonds. The second-order valence-electron chi connectivity index (χ2n) is 6.23. The van der Waals surface area contributed by atoms with Crippen LogP contribution < -0.4 is 0 Å². The van der Waals surface area contributed by atoms with E-state index in [9.17, 15) is 9.59 Å². The predicted molar refractivity (Wildman–Crippen MR) is 103 cm³/mol. The molecule has 0 aliphatic carbocycles. The first kappa shape index (κ1) is 18.1. The Morgan fingerprint density at radius 3 is 2.42 bits per heavy atom. The Hall–Kier alpha value is -2.73. The third-order valence-corrected chi connectivity index (χ3v) is 5.61. The van der Waals surface area contributed by atoms with Gasteiger partial charge in [0, 0.05) is 11.9 Å². The zero-order valence-corrected chi connectivity index (χ0v) is 16.1. The number of nitrogens with zero attached hydrogens (tertiary/aromatic N) is 3. The molecule has 0 fully saturated rings. The Labute approximate surface area is 156 Å². The smallest absolute Gasteiger partial charge is 0.295 e. The fourth-order valence-electron chi connectivity index (χ4n) is 2.95. The third-order valence-electron chi connectivity index (χ3n) is 4.57. The van der Waals surface area contributed by atoms with Crippen LogP contribution in [-0.2, 0) is 4.79 Å². The summed E-state index contributed by atoms with van der Waals surface area (Å²) in [6.45, 7) is 5.50. The van der Waals surface area contributed by atoms with E-state index in [1.807, 2.05) is 61.7 Å². The fourth-order valence-corrected chi connectivity index (χ4v) is 3.78. The molecule has 0 N–H and O–H groups in total. The summed E-state index contributed by atoms with van der Waals surface area (Å²) in [5.74, 6) is -1.04. The van der Waals surface area contributed by atoms with Crippen LogP contribution >= 0.6 is 11.3 Å². The van der Waals surface area contributed by atoms with Crippen molar-refractivity contribution in [1.82, 2.24) is 14.7 Å². The van der Waals surface area contributed by atoms with Gasteiger partial charge in [-0.2, -0.15) is 5.10 Å². The summed E-state index contributed by atoms with van der Waals surface area (Å²) < 4.78 is 1.71. The van der Waals surface area contributed by atoms with E-state index in [2.05, 4.69) is 5.10 Å². The number of amides is 1. The lowest BCUT2D eigenvalue weighted by atomic mass is 10.1. The lowest BCUT2D eigenvalue weighted by Crippen LogP contribution is -2.35.